The number of anilines is 1. The number of aryl methyl sites for hydroxylation is 3. The summed E-state index contributed by atoms with van der Waals surface area (Å²) < 4.78 is 28.8. The van der Waals surface area contributed by atoms with Crippen LogP contribution < -0.4 is 5.32 Å². The summed E-state index contributed by atoms with van der Waals surface area (Å²) in [6.07, 6.45) is 2.35. The number of pyridine rings is 1. The largest absolute Gasteiger partial charge is 0.388 e. The van der Waals surface area contributed by atoms with Crippen molar-refractivity contribution in [2.45, 2.75) is 31.1 Å². The van der Waals surface area contributed by atoms with Crippen molar-refractivity contribution >= 4 is 15.7 Å². The van der Waals surface area contributed by atoms with Crippen LogP contribution >= 0.6 is 0 Å². The summed E-state index contributed by atoms with van der Waals surface area (Å²) in [5, 5.41) is 7.28. The van der Waals surface area contributed by atoms with Crippen LogP contribution in [0.25, 0.3) is 0 Å². The first-order valence-corrected chi connectivity index (χ1v) is 9.42. The van der Waals surface area contributed by atoms with Crippen molar-refractivity contribution in [2.24, 2.45) is 7.05 Å². The maximum atomic E-state index is 12.9. The first-order valence-electron chi connectivity index (χ1n) is 7.98. The Morgan fingerprint density at radius 3 is 2.67 bits per heavy atom. The second-order valence-electron chi connectivity index (χ2n) is 6.27. The number of nitrogens with zero attached hydrogens (tertiary/aromatic N) is 4. The molecule has 1 saturated heterocycles. The van der Waals surface area contributed by atoms with E-state index in [1.54, 1.807) is 24.5 Å². The van der Waals surface area contributed by atoms with Gasteiger partial charge in [-0.15, -0.1) is 0 Å². The maximum Gasteiger partial charge on any atom is 0.246 e. The van der Waals surface area contributed by atoms with Gasteiger partial charge in [-0.3, -0.25) is 9.67 Å². The van der Waals surface area contributed by atoms with Crippen molar-refractivity contribution in [3.8, 4) is 0 Å². The standard InChI is InChI=1S/C16H23N5O2S/c1-11-7-14(17-3)8-15(18-11)13-5-6-21(9-13)24(22,23)16-10-20(4)19-12(16)2/h7-8,10,13H,5-6,9H2,1-4H3,(H,17,18)/t13-/m0/s1. The predicted octanol–water partition coefficient (Wildman–Crippen LogP) is 1.65. The molecule has 3 rings (SSSR count). The molecule has 1 fully saturated rings. The summed E-state index contributed by atoms with van der Waals surface area (Å²) >= 11 is 0. The fourth-order valence-electron chi connectivity index (χ4n) is 3.21. The summed E-state index contributed by atoms with van der Waals surface area (Å²) in [4.78, 5) is 4.89. The fraction of sp³-hybridized carbons (Fsp3) is 0.500. The molecule has 2 aromatic heterocycles. The number of rotatable bonds is 4. The third-order valence-electron chi connectivity index (χ3n) is 4.42. The summed E-state index contributed by atoms with van der Waals surface area (Å²) in [5.41, 5.74) is 3.41. The lowest BCUT2D eigenvalue weighted by molar-refractivity contribution is 0.471. The normalized spacial score (nSPS) is 18.9. The van der Waals surface area contributed by atoms with Crippen LogP contribution in [-0.4, -0.2) is 47.6 Å². The van der Waals surface area contributed by atoms with E-state index in [0.29, 0.717) is 23.7 Å². The molecule has 130 valence electrons. The first kappa shape index (κ1) is 16.9. The summed E-state index contributed by atoms with van der Waals surface area (Å²) in [6.45, 7) is 4.64. The minimum atomic E-state index is -3.51. The second-order valence-corrected chi connectivity index (χ2v) is 8.18. The van der Waals surface area contributed by atoms with E-state index in [-0.39, 0.29) is 5.92 Å². The van der Waals surface area contributed by atoms with Crippen LogP contribution in [0.4, 0.5) is 5.69 Å². The van der Waals surface area contributed by atoms with Gasteiger partial charge in [0.2, 0.25) is 10.0 Å². The molecule has 0 radical (unpaired) electrons. The van der Waals surface area contributed by atoms with Crippen molar-refractivity contribution in [3.63, 3.8) is 0 Å². The van der Waals surface area contributed by atoms with Gasteiger partial charge in [0.05, 0.1) is 5.69 Å². The number of hydrogen-bond donors (Lipinski definition) is 1. The van der Waals surface area contributed by atoms with Crippen molar-refractivity contribution in [1.29, 1.82) is 0 Å². The van der Waals surface area contributed by atoms with E-state index in [4.69, 9.17) is 0 Å². The highest BCUT2D eigenvalue weighted by molar-refractivity contribution is 7.89. The second kappa shape index (κ2) is 6.18. The first-order chi connectivity index (χ1) is 11.3. The van der Waals surface area contributed by atoms with E-state index in [1.807, 2.05) is 26.1 Å². The lowest BCUT2D eigenvalue weighted by Crippen LogP contribution is -2.29. The van der Waals surface area contributed by atoms with Gasteiger partial charge in [0.1, 0.15) is 4.90 Å². The molecule has 8 heteroatoms. The molecule has 0 bridgehead atoms. The van der Waals surface area contributed by atoms with Gasteiger partial charge in [0.15, 0.2) is 0 Å². The van der Waals surface area contributed by atoms with Gasteiger partial charge in [0, 0.05) is 56.4 Å². The van der Waals surface area contributed by atoms with Crippen LogP contribution in [0.1, 0.15) is 29.4 Å². The summed E-state index contributed by atoms with van der Waals surface area (Å²) in [5.74, 6) is 0.115. The average Bonchev–Trinajstić information content (AvgIpc) is 3.14. The van der Waals surface area contributed by atoms with Crippen LogP contribution in [0.5, 0.6) is 0 Å². The Morgan fingerprint density at radius 1 is 1.29 bits per heavy atom. The molecule has 0 aliphatic carbocycles. The monoisotopic (exact) mass is 349 g/mol. The Labute approximate surface area is 142 Å². The quantitative estimate of drug-likeness (QED) is 0.908. The minimum absolute atomic E-state index is 0.115. The van der Waals surface area contributed by atoms with Gasteiger partial charge in [-0.1, -0.05) is 0 Å². The Morgan fingerprint density at radius 2 is 2.04 bits per heavy atom. The average molecular weight is 349 g/mol. The molecule has 0 spiro atoms. The van der Waals surface area contributed by atoms with E-state index >= 15 is 0 Å². The third kappa shape index (κ3) is 3.03. The molecule has 7 nitrogen and oxygen atoms in total. The summed E-state index contributed by atoms with van der Waals surface area (Å²) in [6, 6.07) is 3.98. The van der Waals surface area contributed by atoms with Crippen LogP contribution in [-0.2, 0) is 17.1 Å². The van der Waals surface area contributed by atoms with Crippen molar-refractivity contribution in [1.82, 2.24) is 19.1 Å². The molecule has 0 saturated carbocycles. The number of aromatic nitrogens is 3. The number of sulfonamides is 1. The van der Waals surface area contributed by atoms with Gasteiger partial charge in [-0.25, -0.2) is 8.42 Å². The molecule has 2 aromatic rings. The smallest absolute Gasteiger partial charge is 0.246 e. The Bertz CT molecular complexity index is 859. The van der Waals surface area contributed by atoms with Crippen molar-refractivity contribution in [3.05, 3.63) is 35.4 Å². The SMILES string of the molecule is CNc1cc(C)nc([C@H]2CCN(S(=O)(=O)c3cn(C)nc3C)C2)c1. The molecule has 1 aliphatic heterocycles. The maximum absolute atomic E-state index is 12.9. The topological polar surface area (TPSA) is 80.1 Å². The van der Waals surface area contributed by atoms with Gasteiger partial charge in [0.25, 0.3) is 0 Å². The Balaban J connectivity index is 1.85. The number of nitrogens with one attached hydrogen (secondary N) is 1. The lowest BCUT2D eigenvalue weighted by atomic mass is 10.0. The van der Waals surface area contributed by atoms with Gasteiger partial charge in [-0.05, 0) is 32.4 Å². The fourth-order valence-corrected chi connectivity index (χ4v) is 4.91. The van der Waals surface area contributed by atoms with E-state index in [1.165, 1.54) is 4.68 Å². The van der Waals surface area contributed by atoms with Gasteiger partial charge < -0.3 is 5.32 Å². The molecular formula is C16H23N5O2S. The van der Waals surface area contributed by atoms with Crippen LogP contribution in [0.15, 0.2) is 23.2 Å². The highest BCUT2D eigenvalue weighted by atomic mass is 32.2. The zero-order chi connectivity index (χ0) is 17.5. The number of hydrogen-bond acceptors (Lipinski definition) is 5. The molecular weight excluding hydrogens is 326 g/mol. The van der Waals surface area contributed by atoms with Crippen molar-refractivity contribution < 1.29 is 8.42 Å². The Hall–Kier alpha value is -1.93. The lowest BCUT2D eigenvalue weighted by Gasteiger charge is -2.16. The summed E-state index contributed by atoms with van der Waals surface area (Å²) in [7, 11) is 0.0924. The molecule has 3 heterocycles. The molecule has 24 heavy (non-hydrogen) atoms. The highest BCUT2D eigenvalue weighted by Crippen LogP contribution is 2.32. The molecule has 1 aliphatic rings. The van der Waals surface area contributed by atoms with Crippen LogP contribution in [0.3, 0.4) is 0 Å². The van der Waals surface area contributed by atoms with Crippen LogP contribution in [0.2, 0.25) is 0 Å². The van der Waals surface area contributed by atoms with Gasteiger partial charge in [-0.2, -0.15) is 9.40 Å². The predicted molar refractivity (Wildman–Crippen MR) is 92.6 cm³/mol. The van der Waals surface area contributed by atoms with Crippen LogP contribution in [0, 0.1) is 13.8 Å². The molecule has 0 unspecified atom stereocenters. The highest BCUT2D eigenvalue weighted by Gasteiger charge is 2.35. The zero-order valence-electron chi connectivity index (χ0n) is 14.4. The molecule has 1 N–H and O–H groups in total. The Kier molecular flexibility index (Phi) is 4.35. The van der Waals surface area contributed by atoms with E-state index in [9.17, 15) is 8.42 Å². The van der Waals surface area contributed by atoms with Crippen molar-refractivity contribution in [2.75, 3.05) is 25.5 Å². The third-order valence-corrected chi connectivity index (χ3v) is 6.39. The van der Waals surface area contributed by atoms with E-state index < -0.39 is 10.0 Å². The molecule has 0 amide bonds. The van der Waals surface area contributed by atoms with E-state index in [0.717, 1.165) is 23.5 Å². The minimum Gasteiger partial charge on any atom is -0.388 e. The van der Waals surface area contributed by atoms with Gasteiger partial charge >= 0.3 is 0 Å². The molecule has 1 atom stereocenters. The zero-order valence-corrected chi connectivity index (χ0v) is 15.3. The molecule has 0 aromatic carbocycles. The van der Waals surface area contributed by atoms with E-state index in [2.05, 4.69) is 15.4 Å².